The predicted molar refractivity (Wildman–Crippen MR) is 111 cm³/mol. The lowest BCUT2D eigenvalue weighted by Crippen LogP contribution is -2.35. The van der Waals surface area contributed by atoms with Gasteiger partial charge in [0.25, 0.3) is 11.8 Å². The fraction of sp³-hybridized carbons (Fsp3) is 0.0870. The molecule has 4 rings (SSSR count). The molecule has 1 aliphatic heterocycles. The van der Waals surface area contributed by atoms with Crippen molar-refractivity contribution in [1.82, 2.24) is 5.43 Å². The second-order valence-electron chi connectivity index (χ2n) is 6.99. The number of amides is 2. The summed E-state index contributed by atoms with van der Waals surface area (Å²) in [4.78, 5) is 36.1. The third kappa shape index (κ3) is 3.48. The van der Waals surface area contributed by atoms with Gasteiger partial charge in [0.05, 0.1) is 11.3 Å². The molecular weight excluding hydrogens is 384 g/mol. The Labute approximate surface area is 172 Å². The number of carboxylic acids is 1. The van der Waals surface area contributed by atoms with Crippen LogP contribution in [-0.4, -0.2) is 22.9 Å². The van der Waals surface area contributed by atoms with Crippen LogP contribution in [0.5, 0.6) is 0 Å². The van der Waals surface area contributed by atoms with E-state index in [1.165, 1.54) is 23.2 Å². The number of hydrazine groups is 1. The number of aromatic carboxylic acids is 1. The Morgan fingerprint density at radius 3 is 2.40 bits per heavy atom. The molecular formula is C23H18N2O5. The maximum absolute atomic E-state index is 12.8. The lowest BCUT2D eigenvalue weighted by atomic mass is 10.1. The summed E-state index contributed by atoms with van der Waals surface area (Å²) in [5.74, 6) is -1.15. The van der Waals surface area contributed by atoms with E-state index in [0.717, 1.165) is 11.1 Å². The van der Waals surface area contributed by atoms with Gasteiger partial charge in [0.15, 0.2) is 0 Å². The molecule has 0 radical (unpaired) electrons. The minimum absolute atomic E-state index is 0.0321. The summed E-state index contributed by atoms with van der Waals surface area (Å²) < 4.78 is 5.73. The van der Waals surface area contributed by atoms with E-state index < -0.39 is 17.8 Å². The SMILES string of the molecule is Cc1ccc(N2NC(=O)/C(=C\c3ccc(-c4ccc(C(=O)O)cc4)o3)C2=O)cc1C. The highest BCUT2D eigenvalue weighted by Gasteiger charge is 2.34. The minimum Gasteiger partial charge on any atom is -0.478 e. The highest BCUT2D eigenvalue weighted by atomic mass is 16.4. The van der Waals surface area contributed by atoms with Crippen molar-refractivity contribution < 1.29 is 23.9 Å². The van der Waals surface area contributed by atoms with Gasteiger partial charge in [-0.05, 0) is 67.4 Å². The molecule has 0 unspecified atom stereocenters. The Hall–Kier alpha value is -4.13. The Morgan fingerprint density at radius 2 is 1.73 bits per heavy atom. The summed E-state index contributed by atoms with van der Waals surface area (Å²) in [6.07, 6.45) is 1.40. The van der Waals surface area contributed by atoms with Crippen LogP contribution in [0.3, 0.4) is 0 Å². The molecule has 1 saturated heterocycles. The number of aryl methyl sites for hydroxylation is 2. The summed E-state index contributed by atoms with van der Waals surface area (Å²) in [7, 11) is 0. The third-order valence-corrected chi connectivity index (χ3v) is 4.97. The molecule has 7 nitrogen and oxygen atoms in total. The average molecular weight is 402 g/mol. The van der Waals surface area contributed by atoms with E-state index in [9.17, 15) is 14.4 Å². The van der Waals surface area contributed by atoms with Crippen LogP contribution in [0.15, 0.2) is 64.6 Å². The number of carbonyl (C=O) groups is 3. The number of furan rings is 1. The lowest BCUT2D eigenvalue weighted by Gasteiger charge is -2.15. The number of carboxylic acid groups (broad SMARTS) is 1. The Balaban J connectivity index is 1.59. The van der Waals surface area contributed by atoms with Gasteiger partial charge < -0.3 is 9.52 Å². The molecule has 30 heavy (non-hydrogen) atoms. The number of nitrogens with one attached hydrogen (secondary N) is 1. The third-order valence-electron chi connectivity index (χ3n) is 4.97. The van der Waals surface area contributed by atoms with E-state index in [-0.39, 0.29) is 11.1 Å². The van der Waals surface area contributed by atoms with Crippen molar-refractivity contribution in [2.45, 2.75) is 13.8 Å². The van der Waals surface area contributed by atoms with Crippen LogP contribution in [-0.2, 0) is 9.59 Å². The number of benzene rings is 2. The maximum Gasteiger partial charge on any atom is 0.335 e. The Bertz CT molecular complexity index is 1200. The normalized spacial score (nSPS) is 15.0. The van der Waals surface area contributed by atoms with E-state index in [1.54, 1.807) is 30.3 Å². The molecule has 1 aromatic heterocycles. The molecule has 0 spiro atoms. The smallest absolute Gasteiger partial charge is 0.335 e. The summed E-state index contributed by atoms with van der Waals surface area (Å²) in [6.45, 7) is 3.91. The van der Waals surface area contributed by atoms with Gasteiger partial charge in [-0.15, -0.1) is 0 Å². The zero-order valence-corrected chi connectivity index (χ0v) is 16.3. The number of carbonyl (C=O) groups excluding carboxylic acids is 2. The van der Waals surface area contributed by atoms with Crippen LogP contribution in [0.25, 0.3) is 17.4 Å². The van der Waals surface area contributed by atoms with E-state index in [0.29, 0.717) is 22.8 Å². The summed E-state index contributed by atoms with van der Waals surface area (Å²) in [5, 5.41) is 10.2. The Kier molecular flexibility index (Phi) is 4.71. The lowest BCUT2D eigenvalue weighted by molar-refractivity contribution is -0.117. The first kappa shape index (κ1) is 19.2. The van der Waals surface area contributed by atoms with Gasteiger partial charge in [-0.3, -0.25) is 15.0 Å². The summed E-state index contributed by atoms with van der Waals surface area (Å²) in [6, 6.07) is 15.1. The fourth-order valence-electron chi connectivity index (χ4n) is 3.11. The van der Waals surface area contributed by atoms with Crippen molar-refractivity contribution in [3.63, 3.8) is 0 Å². The van der Waals surface area contributed by atoms with Gasteiger partial charge in [-0.1, -0.05) is 18.2 Å². The second-order valence-corrected chi connectivity index (χ2v) is 6.99. The number of anilines is 1. The average Bonchev–Trinajstić information content (AvgIpc) is 3.30. The van der Waals surface area contributed by atoms with E-state index in [2.05, 4.69) is 5.43 Å². The van der Waals surface area contributed by atoms with Crippen molar-refractivity contribution in [1.29, 1.82) is 0 Å². The standard InChI is InChI=1S/C23H18N2O5/c1-13-3-8-17(11-14(13)2)25-22(27)19(21(26)24-25)12-18-9-10-20(30-18)15-4-6-16(7-5-15)23(28)29/h3-12H,1-2H3,(H,24,26)(H,28,29)/b19-12+. The van der Waals surface area contributed by atoms with Crippen molar-refractivity contribution in [3.05, 3.63) is 82.6 Å². The van der Waals surface area contributed by atoms with Gasteiger partial charge >= 0.3 is 5.97 Å². The Morgan fingerprint density at radius 1 is 1.00 bits per heavy atom. The second kappa shape index (κ2) is 7.36. The predicted octanol–water partition coefficient (Wildman–Crippen LogP) is 3.72. The van der Waals surface area contributed by atoms with Crippen LogP contribution in [0.4, 0.5) is 5.69 Å². The molecule has 2 aromatic carbocycles. The molecule has 2 heterocycles. The first-order valence-corrected chi connectivity index (χ1v) is 9.21. The molecule has 2 amide bonds. The maximum atomic E-state index is 12.8. The molecule has 1 aliphatic rings. The van der Waals surface area contributed by atoms with Crippen molar-refractivity contribution in [3.8, 4) is 11.3 Å². The molecule has 0 bridgehead atoms. The topological polar surface area (TPSA) is 99.8 Å². The van der Waals surface area contributed by atoms with E-state index in [4.69, 9.17) is 9.52 Å². The molecule has 0 aliphatic carbocycles. The van der Waals surface area contributed by atoms with Gasteiger partial charge in [0.1, 0.15) is 17.1 Å². The van der Waals surface area contributed by atoms with Gasteiger partial charge in [0, 0.05) is 5.56 Å². The highest BCUT2D eigenvalue weighted by Crippen LogP contribution is 2.27. The first-order valence-electron chi connectivity index (χ1n) is 9.21. The van der Waals surface area contributed by atoms with Crippen molar-refractivity contribution in [2.75, 3.05) is 5.01 Å². The van der Waals surface area contributed by atoms with Crippen LogP contribution in [0.2, 0.25) is 0 Å². The number of hydrogen-bond donors (Lipinski definition) is 2. The molecule has 0 atom stereocenters. The molecule has 3 aromatic rings. The molecule has 2 N–H and O–H groups in total. The van der Waals surface area contributed by atoms with Gasteiger partial charge in [0.2, 0.25) is 0 Å². The monoisotopic (exact) mass is 402 g/mol. The highest BCUT2D eigenvalue weighted by molar-refractivity contribution is 6.31. The fourth-order valence-corrected chi connectivity index (χ4v) is 3.11. The largest absolute Gasteiger partial charge is 0.478 e. The molecule has 150 valence electrons. The minimum atomic E-state index is -1.01. The number of rotatable bonds is 4. The molecule has 0 saturated carbocycles. The first-order chi connectivity index (χ1) is 14.3. The quantitative estimate of drug-likeness (QED) is 0.512. The van der Waals surface area contributed by atoms with E-state index >= 15 is 0 Å². The van der Waals surface area contributed by atoms with Crippen LogP contribution in [0.1, 0.15) is 27.2 Å². The molecule has 1 fully saturated rings. The van der Waals surface area contributed by atoms with Crippen LogP contribution < -0.4 is 10.4 Å². The van der Waals surface area contributed by atoms with Crippen LogP contribution in [0, 0.1) is 13.8 Å². The number of nitrogens with zero attached hydrogens (tertiary/aromatic N) is 1. The van der Waals surface area contributed by atoms with Crippen molar-refractivity contribution in [2.24, 2.45) is 0 Å². The summed E-state index contributed by atoms with van der Waals surface area (Å²) in [5.41, 5.74) is 6.08. The number of hydrogen-bond acceptors (Lipinski definition) is 4. The molecule has 7 heteroatoms. The van der Waals surface area contributed by atoms with Gasteiger partial charge in [-0.2, -0.15) is 0 Å². The zero-order chi connectivity index (χ0) is 21.4. The summed E-state index contributed by atoms with van der Waals surface area (Å²) >= 11 is 0. The van der Waals surface area contributed by atoms with Gasteiger partial charge in [-0.25, -0.2) is 9.80 Å². The van der Waals surface area contributed by atoms with Crippen molar-refractivity contribution >= 4 is 29.5 Å². The van der Waals surface area contributed by atoms with E-state index in [1.807, 2.05) is 26.0 Å². The zero-order valence-electron chi connectivity index (χ0n) is 16.3. The van der Waals surface area contributed by atoms with Crippen LogP contribution >= 0.6 is 0 Å².